The maximum Gasteiger partial charge on any atom is 0.253 e. The van der Waals surface area contributed by atoms with Gasteiger partial charge in [-0.2, -0.15) is 0 Å². The Bertz CT molecular complexity index is 989. The van der Waals surface area contributed by atoms with E-state index < -0.39 is 22.0 Å². The van der Waals surface area contributed by atoms with E-state index in [-0.39, 0.29) is 5.91 Å². The molecule has 29 heavy (non-hydrogen) atoms. The zero-order valence-electron chi connectivity index (χ0n) is 17.1. The van der Waals surface area contributed by atoms with Gasteiger partial charge in [-0.15, -0.1) is 0 Å². The van der Waals surface area contributed by atoms with Crippen molar-refractivity contribution in [3.63, 3.8) is 0 Å². The fraction of sp³-hybridized carbons (Fsp3) is 0.333. The van der Waals surface area contributed by atoms with Crippen LogP contribution in [-0.4, -0.2) is 39.1 Å². The normalized spacial score (nSPS) is 12.1. The predicted molar refractivity (Wildman–Crippen MR) is 116 cm³/mol. The first-order valence-electron chi connectivity index (χ1n) is 9.39. The predicted octanol–water partition coefficient (Wildman–Crippen LogP) is 2.93. The number of nitrogens with one attached hydrogen (secondary N) is 2. The van der Waals surface area contributed by atoms with E-state index in [0.717, 1.165) is 22.5 Å². The van der Waals surface area contributed by atoms with Gasteiger partial charge in [0.1, 0.15) is 6.04 Å². The van der Waals surface area contributed by atoms with Crippen LogP contribution in [0.5, 0.6) is 0 Å². The summed E-state index contributed by atoms with van der Waals surface area (Å²) in [7, 11) is -3.72. The van der Waals surface area contributed by atoms with Gasteiger partial charge in [0.05, 0.1) is 23.2 Å². The third kappa shape index (κ3) is 5.80. The topological polar surface area (TPSA) is 95.6 Å². The van der Waals surface area contributed by atoms with Crippen LogP contribution in [0.1, 0.15) is 36.2 Å². The number of carbonyl (C=O) groups excluding carboxylic acids is 2. The van der Waals surface area contributed by atoms with E-state index in [1.807, 2.05) is 19.9 Å². The van der Waals surface area contributed by atoms with Crippen LogP contribution in [0, 0.1) is 6.92 Å². The summed E-state index contributed by atoms with van der Waals surface area (Å²) in [6, 6.07) is 12.5. The van der Waals surface area contributed by atoms with E-state index in [0.29, 0.717) is 23.5 Å². The number of aryl methyl sites for hydroxylation is 1. The fourth-order valence-electron chi connectivity index (χ4n) is 2.93. The summed E-state index contributed by atoms with van der Waals surface area (Å²) in [5.74, 6) is -0.832. The smallest absolute Gasteiger partial charge is 0.253 e. The fourth-order valence-corrected chi connectivity index (χ4v) is 4.10. The number of hydrogen-bond donors (Lipinski definition) is 2. The Balaban J connectivity index is 2.31. The van der Waals surface area contributed by atoms with E-state index in [1.54, 1.807) is 42.5 Å². The van der Waals surface area contributed by atoms with Crippen LogP contribution in [0.3, 0.4) is 0 Å². The van der Waals surface area contributed by atoms with Crippen LogP contribution in [0.2, 0.25) is 0 Å². The highest BCUT2D eigenvalue weighted by atomic mass is 32.2. The lowest BCUT2D eigenvalue weighted by Crippen LogP contribution is -2.45. The molecule has 0 aliphatic carbocycles. The number of para-hydroxylation sites is 1. The molecule has 0 saturated heterocycles. The molecule has 0 bridgehead atoms. The molecule has 0 aliphatic rings. The van der Waals surface area contributed by atoms with Gasteiger partial charge in [0.15, 0.2) is 0 Å². The summed E-state index contributed by atoms with van der Waals surface area (Å²) < 4.78 is 25.9. The number of carbonyl (C=O) groups is 2. The maximum atomic E-state index is 12.9. The lowest BCUT2D eigenvalue weighted by atomic mass is 10.1. The third-order valence-corrected chi connectivity index (χ3v) is 5.55. The second-order valence-corrected chi connectivity index (χ2v) is 8.72. The van der Waals surface area contributed by atoms with Crippen LogP contribution in [0.15, 0.2) is 48.5 Å². The number of sulfonamides is 1. The molecule has 0 aromatic heterocycles. The Kier molecular flexibility index (Phi) is 7.39. The number of anilines is 2. The molecule has 0 saturated carbocycles. The molecule has 1 atom stereocenters. The van der Waals surface area contributed by atoms with Crippen molar-refractivity contribution < 1.29 is 18.0 Å². The first-order valence-corrected chi connectivity index (χ1v) is 11.2. The van der Waals surface area contributed by atoms with Crippen molar-refractivity contribution in [2.75, 3.05) is 22.4 Å². The van der Waals surface area contributed by atoms with Gasteiger partial charge in [-0.1, -0.05) is 31.2 Å². The quantitative estimate of drug-likeness (QED) is 0.690. The van der Waals surface area contributed by atoms with E-state index in [9.17, 15) is 18.0 Å². The SMILES string of the molecule is CCCNC(=O)c1ccccc1NC(=O)[C@H](C)N(c1cccc(C)c1)S(C)(=O)=O. The summed E-state index contributed by atoms with van der Waals surface area (Å²) in [5, 5.41) is 5.47. The van der Waals surface area contributed by atoms with Crippen LogP contribution in [-0.2, 0) is 14.8 Å². The molecule has 0 heterocycles. The van der Waals surface area contributed by atoms with Gasteiger partial charge >= 0.3 is 0 Å². The van der Waals surface area contributed by atoms with Gasteiger partial charge in [0.25, 0.3) is 5.91 Å². The number of hydrogen-bond acceptors (Lipinski definition) is 4. The Morgan fingerprint density at radius 1 is 1.10 bits per heavy atom. The van der Waals surface area contributed by atoms with Crippen LogP contribution >= 0.6 is 0 Å². The van der Waals surface area contributed by atoms with Gasteiger partial charge in [0, 0.05) is 6.54 Å². The summed E-state index contributed by atoms with van der Waals surface area (Å²) in [6.07, 6.45) is 1.85. The van der Waals surface area contributed by atoms with Crippen molar-refractivity contribution >= 4 is 33.2 Å². The third-order valence-electron chi connectivity index (χ3n) is 4.31. The summed E-state index contributed by atoms with van der Waals surface area (Å²) in [5.41, 5.74) is 1.93. The minimum atomic E-state index is -3.72. The molecular formula is C21H27N3O4S. The van der Waals surface area contributed by atoms with Gasteiger partial charge < -0.3 is 10.6 Å². The zero-order valence-corrected chi connectivity index (χ0v) is 17.9. The number of rotatable bonds is 8. The van der Waals surface area contributed by atoms with Crippen molar-refractivity contribution in [2.24, 2.45) is 0 Å². The van der Waals surface area contributed by atoms with Crippen molar-refractivity contribution in [1.82, 2.24) is 5.32 Å². The lowest BCUT2D eigenvalue weighted by Gasteiger charge is -2.28. The molecule has 2 aromatic carbocycles. The second-order valence-electron chi connectivity index (χ2n) is 6.86. The van der Waals surface area contributed by atoms with Crippen LogP contribution in [0.4, 0.5) is 11.4 Å². The molecule has 2 amide bonds. The monoisotopic (exact) mass is 417 g/mol. The first kappa shape index (κ1) is 22.4. The van der Waals surface area contributed by atoms with Gasteiger partial charge in [0.2, 0.25) is 15.9 Å². The Morgan fingerprint density at radius 3 is 2.41 bits per heavy atom. The molecule has 2 N–H and O–H groups in total. The zero-order chi connectivity index (χ0) is 21.6. The first-order chi connectivity index (χ1) is 13.6. The standard InChI is InChI=1S/C21H27N3O4S/c1-5-13-22-21(26)18-11-6-7-12-19(18)23-20(25)16(3)24(29(4,27)28)17-10-8-9-15(2)14-17/h6-12,14,16H,5,13H2,1-4H3,(H,22,26)(H,23,25)/t16-/m0/s1. The molecular weight excluding hydrogens is 390 g/mol. The molecule has 0 unspecified atom stereocenters. The van der Waals surface area contributed by atoms with Crippen molar-refractivity contribution in [3.8, 4) is 0 Å². The largest absolute Gasteiger partial charge is 0.352 e. The highest BCUT2D eigenvalue weighted by Gasteiger charge is 2.29. The molecule has 0 spiro atoms. The Labute approximate surface area is 172 Å². The molecule has 7 nitrogen and oxygen atoms in total. The molecule has 2 aromatic rings. The molecule has 0 radical (unpaired) electrons. The van der Waals surface area contributed by atoms with Crippen LogP contribution < -0.4 is 14.9 Å². The number of amides is 2. The highest BCUT2D eigenvalue weighted by molar-refractivity contribution is 7.92. The van der Waals surface area contributed by atoms with E-state index in [1.165, 1.54) is 6.92 Å². The molecule has 0 fully saturated rings. The van der Waals surface area contributed by atoms with E-state index in [2.05, 4.69) is 10.6 Å². The minimum Gasteiger partial charge on any atom is -0.352 e. The van der Waals surface area contributed by atoms with E-state index in [4.69, 9.17) is 0 Å². The summed E-state index contributed by atoms with van der Waals surface area (Å²) >= 11 is 0. The second kappa shape index (κ2) is 9.56. The highest BCUT2D eigenvalue weighted by Crippen LogP contribution is 2.23. The number of benzene rings is 2. The lowest BCUT2D eigenvalue weighted by molar-refractivity contribution is -0.116. The van der Waals surface area contributed by atoms with Crippen molar-refractivity contribution in [1.29, 1.82) is 0 Å². The average Bonchev–Trinajstić information content (AvgIpc) is 2.65. The summed E-state index contributed by atoms with van der Waals surface area (Å²) in [6.45, 7) is 5.83. The van der Waals surface area contributed by atoms with Crippen LogP contribution in [0.25, 0.3) is 0 Å². The Hall–Kier alpha value is -2.87. The Morgan fingerprint density at radius 2 is 1.79 bits per heavy atom. The van der Waals surface area contributed by atoms with Gasteiger partial charge in [-0.25, -0.2) is 8.42 Å². The average molecular weight is 418 g/mol. The van der Waals surface area contributed by atoms with Crippen molar-refractivity contribution in [2.45, 2.75) is 33.2 Å². The van der Waals surface area contributed by atoms with Gasteiger partial charge in [-0.05, 0) is 50.1 Å². The molecule has 2 rings (SSSR count). The molecule has 156 valence electrons. The van der Waals surface area contributed by atoms with E-state index >= 15 is 0 Å². The molecule has 0 aliphatic heterocycles. The van der Waals surface area contributed by atoms with Crippen molar-refractivity contribution in [3.05, 3.63) is 59.7 Å². The molecule has 8 heteroatoms. The van der Waals surface area contributed by atoms with Gasteiger partial charge in [-0.3, -0.25) is 13.9 Å². The number of nitrogens with zero attached hydrogens (tertiary/aromatic N) is 1. The summed E-state index contributed by atoms with van der Waals surface area (Å²) in [4.78, 5) is 25.3. The maximum absolute atomic E-state index is 12.9. The minimum absolute atomic E-state index is 0.297.